The molecule has 0 radical (unpaired) electrons. The van der Waals surface area contributed by atoms with Crippen molar-refractivity contribution in [3.05, 3.63) is 34.9 Å². The van der Waals surface area contributed by atoms with Crippen molar-refractivity contribution < 1.29 is 9.53 Å². The number of ether oxygens (including phenoxy) is 1. The van der Waals surface area contributed by atoms with Crippen LogP contribution < -0.4 is 0 Å². The fourth-order valence-corrected chi connectivity index (χ4v) is 3.05. The van der Waals surface area contributed by atoms with E-state index >= 15 is 0 Å². The molecule has 0 bridgehead atoms. The summed E-state index contributed by atoms with van der Waals surface area (Å²) in [6.45, 7) is 12.3. The van der Waals surface area contributed by atoms with Gasteiger partial charge in [0.2, 0.25) is 0 Å². The third kappa shape index (κ3) is 7.25. The van der Waals surface area contributed by atoms with E-state index in [9.17, 15) is 4.79 Å². The van der Waals surface area contributed by atoms with Gasteiger partial charge in [0.05, 0.1) is 0 Å². The lowest BCUT2D eigenvalue weighted by atomic mass is 9.99. The van der Waals surface area contributed by atoms with Crippen LogP contribution in [0.15, 0.2) is 24.3 Å². The summed E-state index contributed by atoms with van der Waals surface area (Å²) in [7, 11) is 0. The second-order valence-electron chi connectivity index (χ2n) is 8.05. The van der Waals surface area contributed by atoms with E-state index in [0.717, 1.165) is 31.1 Å². The van der Waals surface area contributed by atoms with Crippen LogP contribution in [0.5, 0.6) is 0 Å². The van der Waals surface area contributed by atoms with Gasteiger partial charge in [0, 0.05) is 24.7 Å². The van der Waals surface area contributed by atoms with E-state index < -0.39 is 5.60 Å². The van der Waals surface area contributed by atoms with Crippen LogP contribution in [0.25, 0.3) is 0 Å². The predicted molar refractivity (Wildman–Crippen MR) is 103 cm³/mol. The molecule has 0 unspecified atom stereocenters. The number of rotatable bonds is 5. The first-order chi connectivity index (χ1) is 11.7. The molecule has 140 valence electrons. The molecule has 1 saturated heterocycles. The lowest BCUT2D eigenvalue weighted by molar-refractivity contribution is 0.0208. The molecule has 1 aliphatic rings. The van der Waals surface area contributed by atoms with Crippen molar-refractivity contribution >= 4 is 17.7 Å². The number of halogens is 1. The highest BCUT2D eigenvalue weighted by Crippen LogP contribution is 2.17. The van der Waals surface area contributed by atoms with Gasteiger partial charge in [0.15, 0.2) is 0 Å². The summed E-state index contributed by atoms with van der Waals surface area (Å²) in [5, 5.41) is 0.704. The molecule has 1 aromatic carbocycles. The molecule has 1 amide bonds. The Kier molecular flexibility index (Phi) is 7.14. The maximum absolute atomic E-state index is 12.6. The number of benzene rings is 1. The monoisotopic (exact) mass is 366 g/mol. The predicted octanol–water partition coefficient (Wildman–Crippen LogP) is 4.81. The number of carbonyl (C=O) groups is 1. The lowest BCUT2D eigenvalue weighted by Crippen LogP contribution is -2.43. The summed E-state index contributed by atoms with van der Waals surface area (Å²) in [5.74, 6) is 0.812. The topological polar surface area (TPSA) is 32.8 Å². The number of nitrogens with zero attached hydrogens (tertiary/aromatic N) is 2. The minimum Gasteiger partial charge on any atom is -0.444 e. The maximum Gasteiger partial charge on any atom is 0.410 e. The number of carbonyl (C=O) groups excluding carboxylic acids is 1. The van der Waals surface area contributed by atoms with Crippen LogP contribution in [0.4, 0.5) is 4.79 Å². The van der Waals surface area contributed by atoms with Crippen molar-refractivity contribution in [2.24, 2.45) is 5.92 Å². The third-order valence-electron chi connectivity index (χ3n) is 4.50. The minimum atomic E-state index is -0.490. The van der Waals surface area contributed by atoms with Gasteiger partial charge >= 0.3 is 6.09 Å². The molecule has 1 aliphatic heterocycles. The molecular weight excluding hydrogens is 336 g/mol. The summed E-state index contributed by atoms with van der Waals surface area (Å²) in [5.41, 5.74) is 0.568. The van der Waals surface area contributed by atoms with Gasteiger partial charge in [-0.2, -0.15) is 0 Å². The molecule has 0 spiro atoms. The normalized spacial score (nSPS) is 16.7. The van der Waals surface area contributed by atoms with Crippen LogP contribution >= 0.6 is 11.6 Å². The van der Waals surface area contributed by atoms with Gasteiger partial charge in [0.25, 0.3) is 0 Å². The number of amides is 1. The van der Waals surface area contributed by atoms with Crippen molar-refractivity contribution in [3.8, 4) is 0 Å². The average molecular weight is 367 g/mol. The second kappa shape index (κ2) is 8.91. The van der Waals surface area contributed by atoms with E-state index in [4.69, 9.17) is 16.3 Å². The summed E-state index contributed by atoms with van der Waals surface area (Å²) < 4.78 is 5.60. The van der Waals surface area contributed by atoms with E-state index in [1.54, 1.807) is 4.90 Å². The Balaban J connectivity index is 1.98. The van der Waals surface area contributed by atoms with Crippen LogP contribution in [-0.2, 0) is 11.3 Å². The highest BCUT2D eigenvalue weighted by atomic mass is 35.5. The zero-order chi connectivity index (χ0) is 18.4. The van der Waals surface area contributed by atoms with Gasteiger partial charge in [-0.3, -0.25) is 0 Å². The molecule has 5 heteroatoms. The van der Waals surface area contributed by atoms with Gasteiger partial charge in [-0.1, -0.05) is 30.7 Å². The van der Waals surface area contributed by atoms with Crippen LogP contribution in [-0.4, -0.2) is 47.7 Å². The van der Waals surface area contributed by atoms with Gasteiger partial charge in [-0.25, -0.2) is 4.79 Å². The Morgan fingerprint density at radius 2 is 1.84 bits per heavy atom. The maximum atomic E-state index is 12.6. The minimum absolute atomic E-state index is 0.257. The van der Waals surface area contributed by atoms with E-state index in [1.165, 1.54) is 12.8 Å². The molecule has 1 aromatic rings. The first-order valence-electron chi connectivity index (χ1n) is 9.17. The van der Waals surface area contributed by atoms with Crippen LogP contribution in [0.1, 0.15) is 46.1 Å². The number of hydrogen-bond acceptors (Lipinski definition) is 3. The van der Waals surface area contributed by atoms with Crippen molar-refractivity contribution in [1.29, 1.82) is 0 Å². The molecule has 25 heavy (non-hydrogen) atoms. The molecule has 0 N–H and O–H groups in total. The first-order valence-corrected chi connectivity index (χ1v) is 9.55. The van der Waals surface area contributed by atoms with E-state index in [2.05, 4.69) is 11.8 Å². The standard InChI is InChI=1S/C20H31ClN2O2/c1-16-9-11-22(12-10-16)13-14-23(19(24)25-20(2,3)4)15-17-5-7-18(21)8-6-17/h5-8,16H,9-15H2,1-4H3. The second-order valence-corrected chi connectivity index (χ2v) is 8.49. The summed E-state index contributed by atoms with van der Waals surface area (Å²) in [4.78, 5) is 16.9. The molecule has 4 nitrogen and oxygen atoms in total. The molecule has 0 saturated carbocycles. The molecule has 0 aromatic heterocycles. The summed E-state index contributed by atoms with van der Waals surface area (Å²) in [6.07, 6.45) is 2.22. The van der Waals surface area contributed by atoms with E-state index in [1.807, 2.05) is 45.0 Å². The van der Waals surface area contributed by atoms with E-state index in [0.29, 0.717) is 18.1 Å². The highest BCUT2D eigenvalue weighted by molar-refractivity contribution is 6.30. The number of piperidine rings is 1. The Labute approximate surface area is 157 Å². The van der Waals surface area contributed by atoms with Crippen molar-refractivity contribution in [3.63, 3.8) is 0 Å². The zero-order valence-corrected chi connectivity index (χ0v) is 16.7. The molecule has 0 aliphatic carbocycles. The van der Waals surface area contributed by atoms with Gasteiger partial charge < -0.3 is 14.5 Å². The molecule has 0 atom stereocenters. The third-order valence-corrected chi connectivity index (χ3v) is 4.75. The van der Waals surface area contributed by atoms with Gasteiger partial charge in [0.1, 0.15) is 5.60 Å². The molecule has 1 fully saturated rings. The highest BCUT2D eigenvalue weighted by Gasteiger charge is 2.23. The van der Waals surface area contributed by atoms with E-state index in [-0.39, 0.29) is 6.09 Å². The Bertz CT molecular complexity index is 546. The van der Waals surface area contributed by atoms with Crippen molar-refractivity contribution in [2.75, 3.05) is 26.2 Å². The van der Waals surface area contributed by atoms with Crippen molar-refractivity contribution in [2.45, 2.75) is 52.7 Å². The quantitative estimate of drug-likeness (QED) is 0.749. The zero-order valence-electron chi connectivity index (χ0n) is 15.9. The van der Waals surface area contributed by atoms with Crippen LogP contribution in [0, 0.1) is 5.92 Å². The summed E-state index contributed by atoms with van der Waals surface area (Å²) >= 11 is 5.96. The van der Waals surface area contributed by atoms with Crippen LogP contribution in [0.2, 0.25) is 5.02 Å². The fourth-order valence-electron chi connectivity index (χ4n) is 2.92. The van der Waals surface area contributed by atoms with Gasteiger partial charge in [-0.15, -0.1) is 0 Å². The van der Waals surface area contributed by atoms with Gasteiger partial charge in [-0.05, 0) is 70.3 Å². The Morgan fingerprint density at radius 1 is 1.24 bits per heavy atom. The molecular formula is C20H31ClN2O2. The summed E-state index contributed by atoms with van der Waals surface area (Å²) in [6, 6.07) is 7.64. The molecule has 1 heterocycles. The average Bonchev–Trinajstić information content (AvgIpc) is 2.53. The Morgan fingerprint density at radius 3 is 2.40 bits per heavy atom. The van der Waals surface area contributed by atoms with Crippen molar-refractivity contribution in [1.82, 2.24) is 9.80 Å². The number of likely N-dealkylation sites (tertiary alicyclic amines) is 1. The molecule has 2 rings (SSSR count). The van der Waals surface area contributed by atoms with Crippen LogP contribution in [0.3, 0.4) is 0 Å². The lowest BCUT2D eigenvalue weighted by Gasteiger charge is -2.33. The number of hydrogen-bond donors (Lipinski definition) is 0. The smallest absolute Gasteiger partial charge is 0.410 e. The SMILES string of the molecule is CC1CCN(CCN(Cc2ccc(Cl)cc2)C(=O)OC(C)(C)C)CC1. The first kappa shape index (κ1) is 20.1. The largest absolute Gasteiger partial charge is 0.444 e. The Hall–Kier alpha value is -1.26. The fraction of sp³-hybridized carbons (Fsp3) is 0.650.